The summed E-state index contributed by atoms with van der Waals surface area (Å²) in [6.07, 6.45) is 0.495. The summed E-state index contributed by atoms with van der Waals surface area (Å²) in [5.74, 6) is -1.06. The van der Waals surface area contributed by atoms with Crippen LogP contribution >= 0.6 is 11.3 Å². The van der Waals surface area contributed by atoms with Crippen molar-refractivity contribution < 1.29 is 14.4 Å². The maximum atomic E-state index is 12.3. The monoisotopic (exact) mass is 266 g/mol. The van der Waals surface area contributed by atoms with Gasteiger partial charge in [0.2, 0.25) is 11.8 Å². The van der Waals surface area contributed by atoms with Gasteiger partial charge in [0.05, 0.1) is 4.88 Å². The van der Waals surface area contributed by atoms with E-state index in [0.29, 0.717) is 11.3 Å². The van der Waals surface area contributed by atoms with Crippen molar-refractivity contribution in [2.45, 2.75) is 26.3 Å². The molecule has 2 heterocycles. The van der Waals surface area contributed by atoms with Crippen LogP contribution in [0.5, 0.6) is 0 Å². The zero-order chi connectivity index (χ0) is 13.3. The number of carbonyl (C=O) groups is 3. The molecule has 0 spiro atoms. The number of imide groups is 1. The van der Waals surface area contributed by atoms with Gasteiger partial charge in [0.1, 0.15) is 12.6 Å². The van der Waals surface area contributed by atoms with Gasteiger partial charge in [-0.15, -0.1) is 11.3 Å². The second kappa shape index (κ2) is 4.89. The number of hydrogen-bond acceptors (Lipinski definition) is 4. The molecule has 0 radical (unpaired) electrons. The number of nitrogens with zero attached hydrogens (tertiary/aromatic N) is 1. The van der Waals surface area contributed by atoms with Crippen LogP contribution < -0.4 is 5.32 Å². The lowest BCUT2D eigenvalue weighted by Gasteiger charge is -2.33. The number of aryl methyl sites for hydroxylation is 1. The predicted molar refractivity (Wildman–Crippen MR) is 67.3 cm³/mol. The van der Waals surface area contributed by atoms with Crippen LogP contribution in [0.3, 0.4) is 0 Å². The number of carbonyl (C=O) groups excluding carboxylic acids is 3. The second-order valence-electron chi connectivity index (χ2n) is 4.18. The molecule has 1 aliphatic rings. The van der Waals surface area contributed by atoms with E-state index < -0.39 is 17.9 Å². The van der Waals surface area contributed by atoms with E-state index in [4.69, 9.17) is 0 Å². The summed E-state index contributed by atoms with van der Waals surface area (Å²) in [6.45, 7) is 3.67. The van der Waals surface area contributed by atoms with Gasteiger partial charge in [-0.05, 0) is 25.5 Å². The Bertz CT molecular complexity index is 509. The van der Waals surface area contributed by atoms with Crippen molar-refractivity contribution in [1.29, 1.82) is 0 Å². The number of piperazine rings is 1. The van der Waals surface area contributed by atoms with E-state index in [-0.39, 0.29) is 12.5 Å². The predicted octanol–water partition coefficient (Wildman–Crippen LogP) is 0.934. The molecule has 1 aromatic rings. The average Bonchev–Trinajstić information content (AvgIpc) is 2.74. The molecule has 1 aliphatic heterocycles. The maximum Gasteiger partial charge on any atom is 0.265 e. The van der Waals surface area contributed by atoms with Gasteiger partial charge >= 0.3 is 0 Å². The van der Waals surface area contributed by atoms with Crippen LogP contribution in [-0.4, -0.2) is 35.2 Å². The fourth-order valence-corrected chi connectivity index (χ4v) is 2.80. The summed E-state index contributed by atoms with van der Waals surface area (Å²) < 4.78 is 0. The number of rotatable bonds is 2. The lowest BCUT2D eigenvalue weighted by atomic mass is 10.1. The minimum atomic E-state index is -0.558. The van der Waals surface area contributed by atoms with Crippen LogP contribution in [0.25, 0.3) is 0 Å². The Morgan fingerprint density at radius 1 is 1.50 bits per heavy atom. The minimum Gasteiger partial charge on any atom is -0.317 e. The van der Waals surface area contributed by atoms with Crippen LogP contribution in [0.15, 0.2) is 12.1 Å². The largest absolute Gasteiger partial charge is 0.317 e. The Morgan fingerprint density at radius 3 is 2.78 bits per heavy atom. The van der Waals surface area contributed by atoms with Crippen LogP contribution in [0, 0.1) is 6.92 Å². The fourth-order valence-electron chi connectivity index (χ4n) is 1.98. The first-order chi connectivity index (χ1) is 8.52. The number of nitrogens with one attached hydrogen (secondary N) is 1. The Kier molecular flexibility index (Phi) is 3.47. The van der Waals surface area contributed by atoms with E-state index in [9.17, 15) is 14.4 Å². The highest BCUT2D eigenvalue weighted by molar-refractivity contribution is 7.13. The minimum absolute atomic E-state index is 0.0555. The number of amides is 3. The SMILES string of the molecule is CCC1C(=O)NC(=O)CN1C(=O)c1ccc(C)s1. The molecular formula is C12H14N2O3S. The van der Waals surface area contributed by atoms with Gasteiger partial charge in [-0.25, -0.2) is 0 Å². The molecule has 1 unspecified atom stereocenters. The van der Waals surface area contributed by atoms with Gasteiger partial charge in [0, 0.05) is 4.88 Å². The Balaban J connectivity index is 2.26. The van der Waals surface area contributed by atoms with Gasteiger partial charge in [-0.2, -0.15) is 0 Å². The Hall–Kier alpha value is -1.69. The first-order valence-corrected chi connectivity index (χ1v) is 6.55. The molecule has 1 saturated heterocycles. The topological polar surface area (TPSA) is 66.5 Å². The van der Waals surface area contributed by atoms with E-state index in [1.165, 1.54) is 16.2 Å². The first-order valence-electron chi connectivity index (χ1n) is 5.74. The molecule has 1 atom stereocenters. The number of thiophene rings is 1. The average molecular weight is 266 g/mol. The van der Waals surface area contributed by atoms with Gasteiger partial charge in [0.15, 0.2) is 0 Å². The summed E-state index contributed by atoms with van der Waals surface area (Å²) in [4.78, 5) is 38.3. The fraction of sp³-hybridized carbons (Fsp3) is 0.417. The lowest BCUT2D eigenvalue weighted by molar-refractivity contribution is -0.138. The third kappa shape index (κ3) is 2.28. The quantitative estimate of drug-likeness (QED) is 0.810. The summed E-state index contributed by atoms with van der Waals surface area (Å²) in [6, 6.07) is 3.02. The molecule has 1 N–H and O–H groups in total. The van der Waals surface area contributed by atoms with Crippen LogP contribution in [0.1, 0.15) is 27.9 Å². The molecule has 5 nitrogen and oxygen atoms in total. The molecule has 0 bridgehead atoms. The van der Waals surface area contributed by atoms with Crippen LogP contribution in [0.2, 0.25) is 0 Å². The van der Waals surface area contributed by atoms with Gasteiger partial charge in [-0.3, -0.25) is 19.7 Å². The van der Waals surface area contributed by atoms with Crippen molar-refractivity contribution in [2.24, 2.45) is 0 Å². The van der Waals surface area contributed by atoms with Crippen molar-refractivity contribution in [3.8, 4) is 0 Å². The molecule has 1 aromatic heterocycles. The van der Waals surface area contributed by atoms with Crippen molar-refractivity contribution in [1.82, 2.24) is 10.2 Å². The van der Waals surface area contributed by atoms with Crippen molar-refractivity contribution in [3.63, 3.8) is 0 Å². The standard InChI is InChI=1S/C12H14N2O3S/c1-3-8-11(16)13-10(15)6-14(8)12(17)9-5-4-7(2)18-9/h4-5,8H,3,6H2,1-2H3,(H,13,15,16). The smallest absolute Gasteiger partial charge is 0.265 e. The van der Waals surface area contributed by atoms with Gasteiger partial charge in [-0.1, -0.05) is 6.92 Å². The van der Waals surface area contributed by atoms with Crippen molar-refractivity contribution >= 4 is 29.1 Å². The molecule has 0 aromatic carbocycles. The summed E-state index contributed by atoms with van der Waals surface area (Å²) in [7, 11) is 0. The molecule has 1 fully saturated rings. The third-order valence-electron chi connectivity index (χ3n) is 2.85. The van der Waals surface area contributed by atoms with Crippen LogP contribution in [-0.2, 0) is 9.59 Å². The first kappa shape index (κ1) is 12.8. The highest BCUT2D eigenvalue weighted by Crippen LogP contribution is 2.20. The van der Waals surface area contributed by atoms with E-state index >= 15 is 0 Å². The summed E-state index contributed by atoms with van der Waals surface area (Å²) in [5.41, 5.74) is 0. The summed E-state index contributed by atoms with van der Waals surface area (Å²) in [5, 5.41) is 2.25. The normalized spacial score (nSPS) is 19.9. The summed E-state index contributed by atoms with van der Waals surface area (Å²) >= 11 is 1.37. The Morgan fingerprint density at radius 2 is 2.22 bits per heavy atom. The molecule has 96 valence electrons. The van der Waals surface area contributed by atoms with Crippen molar-refractivity contribution in [3.05, 3.63) is 21.9 Å². The molecule has 18 heavy (non-hydrogen) atoms. The maximum absolute atomic E-state index is 12.3. The van der Waals surface area contributed by atoms with Crippen molar-refractivity contribution in [2.75, 3.05) is 6.54 Å². The molecule has 6 heteroatoms. The van der Waals surface area contributed by atoms with E-state index in [2.05, 4.69) is 5.32 Å². The molecule has 2 rings (SSSR count). The van der Waals surface area contributed by atoms with E-state index in [1.807, 2.05) is 19.9 Å². The molecule has 3 amide bonds. The number of hydrogen-bond donors (Lipinski definition) is 1. The zero-order valence-electron chi connectivity index (χ0n) is 10.2. The molecule has 0 saturated carbocycles. The highest BCUT2D eigenvalue weighted by atomic mass is 32.1. The lowest BCUT2D eigenvalue weighted by Crippen LogP contribution is -2.59. The van der Waals surface area contributed by atoms with E-state index in [1.54, 1.807) is 6.07 Å². The van der Waals surface area contributed by atoms with Crippen LogP contribution in [0.4, 0.5) is 0 Å². The Labute approximate surface area is 109 Å². The highest BCUT2D eigenvalue weighted by Gasteiger charge is 2.36. The third-order valence-corrected chi connectivity index (χ3v) is 3.84. The molecular weight excluding hydrogens is 252 g/mol. The van der Waals surface area contributed by atoms with Gasteiger partial charge < -0.3 is 4.90 Å². The van der Waals surface area contributed by atoms with Gasteiger partial charge in [0.25, 0.3) is 5.91 Å². The molecule has 0 aliphatic carbocycles. The second-order valence-corrected chi connectivity index (χ2v) is 5.47. The zero-order valence-corrected chi connectivity index (χ0v) is 11.0. The van der Waals surface area contributed by atoms with E-state index in [0.717, 1.165) is 4.88 Å².